The Labute approximate surface area is 171 Å². The van der Waals surface area contributed by atoms with Gasteiger partial charge < -0.3 is 39.0 Å². The van der Waals surface area contributed by atoms with Gasteiger partial charge in [0, 0.05) is 5.57 Å². The molecule has 9 heteroatoms. The second kappa shape index (κ2) is 19.3. The number of carboxylic acids is 1. The molecule has 1 unspecified atom stereocenters. The highest BCUT2D eigenvalue weighted by atomic mass is 16.6. The summed E-state index contributed by atoms with van der Waals surface area (Å²) in [5.74, 6) is -0.338. The summed E-state index contributed by atoms with van der Waals surface area (Å²) in [4.78, 5) is 9.60. The van der Waals surface area contributed by atoms with E-state index in [0.29, 0.717) is 52.0 Å². The van der Waals surface area contributed by atoms with Crippen molar-refractivity contribution in [2.24, 2.45) is 0 Å². The summed E-state index contributed by atoms with van der Waals surface area (Å²) in [5.41, 5.74) is 0.176. The van der Waals surface area contributed by atoms with Crippen LogP contribution in [0.5, 0.6) is 5.75 Å². The van der Waals surface area contributed by atoms with E-state index in [0.717, 1.165) is 0 Å². The summed E-state index contributed by atoms with van der Waals surface area (Å²) in [6.07, 6.45) is -1.00. The van der Waals surface area contributed by atoms with E-state index in [1.165, 1.54) is 6.92 Å². The quantitative estimate of drug-likeness (QED) is 0.206. The highest BCUT2D eigenvalue weighted by Crippen LogP contribution is 2.09. The van der Waals surface area contributed by atoms with Crippen LogP contribution in [-0.2, 0) is 23.7 Å². The molecule has 0 saturated carbocycles. The Bertz CT molecular complexity index is 510. The maximum absolute atomic E-state index is 9.63. The number of hydrogen-bond acceptors (Lipinski definition) is 8. The van der Waals surface area contributed by atoms with Crippen molar-refractivity contribution in [2.75, 3.05) is 59.5 Å². The molecule has 0 spiro atoms. The first-order valence-electron chi connectivity index (χ1n) is 9.17. The predicted octanol–water partition coefficient (Wildman–Crippen LogP) is 1.09. The first kappa shape index (κ1) is 27.0. The number of para-hydroxylation sites is 1. The lowest BCUT2D eigenvalue weighted by atomic mass is 10.3. The Kier molecular flexibility index (Phi) is 18.0. The van der Waals surface area contributed by atoms with Crippen molar-refractivity contribution in [3.8, 4) is 5.75 Å². The van der Waals surface area contributed by atoms with Gasteiger partial charge in [-0.1, -0.05) is 24.8 Å². The normalized spacial score (nSPS) is 11.3. The molecule has 1 aromatic rings. The maximum atomic E-state index is 9.63. The Morgan fingerprint density at radius 1 is 0.931 bits per heavy atom. The van der Waals surface area contributed by atoms with Crippen molar-refractivity contribution < 1.29 is 43.8 Å². The number of benzene rings is 1. The summed E-state index contributed by atoms with van der Waals surface area (Å²) >= 11 is 0. The highest BCUT2D eigenvalue weighted by molar-refractivity contribution is 5.84. The molecular formula is C20H32O9. The molecule has 0 aliphatic rings. The van der Waals surface area contributed by atoms with Crippen LogP contribution in [0, 0.1) is 0 Å². The number of rotatable bonds is 16. The topological polar surface area (TPSA) is 124 Å². The minimum atomic E-state index is -1.00. The molecule has 1 aromatic carbocycles. The Hall–Kier alpha value is -2.01. The predicted molar refractivity (Wildman–Crippen MR) is 106 cm³/mol. The third-order valence-electron chi connectivity index (χ3n) is 2.99. The van der Waals surface area contributed by atoms with Gasteiger partial charge in [-0.05, 0) is 19.1 Å². The first-order chi connectivity index (χ1) is 14.0. The van der Waals surface area contributed by atoms with Crippen LogP contribution in [-0.4, -0.2) is 87.0 Å². The van der Waals surface area contributed by atoms with Gasteiger partial charge >= 0.3 is 5.97 Å². The Balaban J connectivity index is 0.00000113. The second-order valence-electron chi connectivity index (χ2n) is 5.61. The number of aliphatic hydroxyl groups excluding tert-OH is 2. The van der Waals surface area contributed by atoms with Crippen LogP contribution < -0.4 is 4.74 Å². The molecule has 0 bridgehead atoms. The summed E-state index contributed by atoms with van der Waals surface area (Å²) in [6.45, 7) is 7.70. The molecule has 0 saturated heterocycles. The average Bonchev–Trinajstić information content (AvgIpc) is 2.70. The molecule has 0 aliphatic carbocycles. The smallest absolute Gasteiger partial charge is 0.330 e. The minimum absolute atomic E-state index is 0.0220. The van der Waals surface area contributed by atoms with Crippen LogP contribution in [0.4, 0.5) is 0 Å². The van der Waals surface area contributed by atoms with Crippen molar-refractivity contribution in [1.82, 2.24) is 0 Å². The van der Waals surface area contributed by atoms with E-state index in [1.54, 1.807) is 12.1 Å². The monoisotopic (exact) mass is 416 g/mol. The number of aliphatic carboxylic acids is 1. The Morgan fingerprint density at radius 2 is 1.38 bits per heavy atom. The van der Waals surface area contributed by atoms with Crippen molar-refractivity contribution in [3.63, 3.8) is 0 Å². The minimum Gasteiger partial charge on any atom is -0.478 e. The van der Waals surface area contributed by atoms with E-state index in [9.17, 15) is 9.90 Å². The van der Waals surface area contributed by atoms with Crippen molar-refractivity contribution >= 4 is 5.97 Å². The van der Waals surface area contributed by atoms with Crippen molar-refractivity contribution in [2.45, 2.75) is 13.2 Å². The first-order valence-corrected chi connectivity index (χ1v) is 9.17. The molecule has 0 amide bonds. The van der Waals surface area contributed by atoms with Gasteiger partial charge in [-0.15, -0.1) is 0 Å². The lowest BCUT2D eigenvalue weighted by Gasteiger charge is -2.13. The molecule has 0 aliphatic heterocycles. The summed E-state index contributed by atoms with van der Waals surface area (Å²) in [6, 6.07) is 9.07. The zero-order valence-electron chi connectivity index (χ0n) is 16.8. The molecular weight excluding hydrogens is 384 g/mol. The van der Waals surface area contributed by atoms with E-state index in [-0.39, 0.29) is 18.8 Å². The fourth-order valence-corrected chi connectivity index (χ4v) is 1.60. The molecule has 0 heterocycles. The average molecular weight is 416 g/mol. The summed E-state index contributed by atoms with van der Waals surface area (Å²) < 4.78 is 26.1. The third-order valence-corrected chi connectivity index (χ3v) is 2.99. The van der Waals surface area contributed by atoms with E-state index in [1.807, 2.05) is 18.2 Å². The number of hydrogen-bond donors (Lipinski definition) is 3. The highest BCUT2D eigenvalue weighted by Gasteiger charge is 2.05. The fraction of sp³-hybridized carbons (Fsp3) is 0.550. The lowest BCUT2D eigenvalue weighted by Crippen LogP contribution is -2.23. The number of ether oxygens (including phenoxy) is 5. The molecule has 1 atom stereocenters. The van der Waals surface area contributed by atoms with Gasteiger partial charge in [0.1, 0.15) is 12.4 Å². The largest absolute Gasteiger partial charge is 0.478 e. The van der Waals surface area contributed by atoms with Gasteiger partial charge in [0.25, 0.3) is 0 Å². The molecule has 3 N–H and O–H groups in total. The van der Waals surface area contributed by atoms with Crippen LogP contribution in [0.25, 0.3) is 0 Å². The summed E-state index contributed by atoms with van der Waals surface area (Å²) in [7, 11) is 0. The van der Waals surface area contributed by atoms with Gasteiger partial charge in [-0.2, -0.15) is 0 Å². The second-order valence-corrected chi connectivity index (χ2v) is 5.61. The molecule has 29 heavy (non-hydrogen) atoms. The van der Waals surface area contributed by atoms with Crippen LogP contribution in [0.1, 0.15) is 6.92 Å². The van der Waals surface area contributed by atoms with Gasteiger partial charge in [-0.3, -0.25) is 0 Å². The van der Waals surface area contributed by atoms with Crippen LogP contribution in [0.2, 0.25) is 0 Å². The third kappa shape index (κ3) is 19.1. The number of carboxylic acid groups (broad SMARTS) is 1. The maximum Gasteiger partial charge on any atom is 0.330 e. The van der Waals surface area contributed by atoms with Gasteiger partial charge in [0.2, 0.25) is 6.29 Å². The van der Waals surface area contributed by atoms with Gasteiger partial charge in [0.15, 0.2) is 0 Å². The lowest BCUT2D eigenvalue weighted by molar-refractivity contribution is -0.132. The molecule has 0 aromatic heterocycles. The van der Waals surface area contributed by atoms with Crippen molar-refractivity contribution in [3.05, 3.63) is 42.5 Å². The van der Waals surface area contributed by atoms with Gasteiger partial charge in [0.05, 0.1) is 52.9 Å². The molecule has 166 valence electrons. The SMILES string of the molecule is C=C(C)C(=O)O.OCCOCCOCCOCCOCC(O)Oc1ccccc1. The molecule has 0 radical (unpaired) electrons. The van der Waals surface area contributed by atoms with Crippen LogP contribution in [0.15, 0.2) is 42.5 Å². The molecule has 9 nitrogen and oxygen atoms in total. The number of carbonyl (C=O) groups is 1. The fourth-order valence-electron chi connectivity index (χ4n) is 1.60. The van der Waals surface area contributed by atoms with Crippen LogP contribution in [0.3, 0.4) is 0 Å². The number of aliphatic hydroxyl groups is 2. The summed E-state index contributed by atoms with van der Waals surface area (Å²) in [5, 5.41) is 26.0. The van der Waals surface area contributed by atoms with E-state index in [4.69, 9.17) is 33.9 Å². The zero-order valence-corrected chi connectivity index (χ0v) is 16.8. The Morgan fingerprint density at radius 3 is 1.83 bits per heavy atom. The van der Waals surface area contributed by atoms with E-state index >= 15 is 0 Å². The molecule has 0 fully saturated rings. The molecule has 1 rings (SSSR count). The van der Waals surface area contributed by atoms with Crippen molar-refractivity contribution in [1.29, 1.82) is 0 Å². The zero-order chi connectivity index (χ0) is 21.7. The standard InChI is InChI=1S/C16H26O7.C4H6O2/c17-6-7-19-8-9-20-10-11-21-12-13-22-14-16(18)23-15-4-2-1-3-5-15;1-3(2)4(5)6/h1-5,16-18H,6-14H2;1H2,2H3,(H,5,6). The van der Waals surface area contributed by atoms with E-state index < -0.39 is 12.3 Å². The van der Waals surface area contributed by atoms with E-state index in [2.05, 4.69) is 6.58 Å². The van der Waals surface area contributed by atoms with Crippen LogP contribution >= 0.6 is 0 Å². The van der Waals surface area contributed by atoms with Gasteiger partial charge in [-0.25, -0.2) is 4.79 Å².